The number of hydrogen-bond acceptors (Lipinski definition) is 24. The number of thiazole rings is 2. The number of imidazole rings is 8. The minimum atomic E-state index is 0.734. The van der Waals surface area contributed by atoms with Crippen LogP contribution in [0.25, 0.3) is 44.4 Å². The van der Waals surface area contributed by atoms with E-state index in [2.05, 4.69) is 228 Å². The summed E-state index contributed by atoms with van der Waals surface area (Å²) in [6.45, 7) is 64.7. The van der Waals surface area contributed by atoms with Crippen molar-refractivity contribution < 1.29 is 8.83 Å². The first kappa shape index (κ1) is 105. The first-order valence-electron chi connectivity index (χ1n) is 41.5. The molecule has 0 amide bonds. The van der Waals surface area contributed by atoms with Crippen LogP contribution in [0.2, 0.25) is 0 Å². The van der Waals surface area contributed by atoms with Crippen LogP contribution in [0, 0.1) is 194 Å². The van der Waals surface area contributed by atoms with E-state index in [9.17, 15) is 0 Å². The highest BCUT2D eigenvalue weighted by molar-refractivity contribution is 7.11. The minimum absolute atomic E-state index is 0.734. The number of benzene rings is 2. The van der Waals surface area contributed by atoms with Crippen molar-refractivity contribution in [3.05, 3.63) is 292 Å². The van der Waals surface area contributed by atoms with Gasteiger partial charge < -0.3 is 48.7 Å². The van der Waals surface area contributed by atoms with Crippen LogP contribution in [0.3, 0.4) is 0 Å². The highest BCUT2D eigenvalue weighted by Gasteiger charge is 2.04. The number of hydrogen-bond donors (Lipinski definition) is 10. The van der Waals surface area contributed by atoms with Crippen molar-refractivity contribution in [2.45, 2.75) is 222 Å². The van der Waals surface area contributed by atoms with Gasteiger partial charge in [-0.2, -0.15) is 10.2 Å². The van der Waals surface area contributed by atoms with E-state index < -0.39 is 0 Å². The van der Waals surface area contributed by atoms with Gasteiger partial charge in [-0.1, -0.05) is 23.3 Å². The van der Waals surface area contributed by atoms with E-state index in [1.165, 1.54) is 32.0 Å². The lowest BCUT2D eigenvalue weighted by atomic mass is 10.2. The Balaban J connectivity index is 0.000000243. The molecule has 128 heavy (non-hydrogen) atoms. The molecule has 0 saturated heterocycles. The molecule has 32 nitrogen and oxygen atoms in total. The molecule has 16 aromatic heterocycles. The zero-order valence-corrected chi connectivity index (χ0v) is 82.2. The molecule has 2 aromatic carbocycles. The van der Waals surface area contributed by atoms with Crippen LogP contribution in [0.15, 0.2) is 152 Å². The third kappa shape index (κ3) is 43.7. The lowest BCUT2D eigenvalue weighted by Crippen LogP contribution is -1.80. The van der Waals surface area contributed by atoms with E-state index in [1.54, 1.807) is 35.1 Å². The van der Waals surface area contributed by atoms with Crippen LogP contribution in [0.1, 0.15) is 186 Å². The van der Waals surface area contributed by atoms with Gasteiger partial charge in [-0.25, -0.2) is 79.7 Å². The second-order valence-electron chi connectivity index (χ2n) is 30.4. The summed E-state index contributed by atoms with van der Waals surface area (Å²) in [5.74, 6) is 14.3. The molecular weight excluding hydrogens is 1650 g/mol. The van der Waals surface area contributed by atoms with Gasteiger partial charge >= 0.3 is 0 Å². The molecule has 18 aromatic rings. The third-order valence-electron chi connectivity index (χ3n) is 16.5. The average molecular weight is 1780 g/mol. The molecular formula is C94H130N30O2S2. The molecule has 18 heterocycles. The lowest BCUT2D eigenvalue weighted by molar-refractivity contribution is 0.494. The van der Waals surface area contributed by atoms with Crippen molar-refractivity contribution in [3.63, 3.8) is 0 Å². The number of aryl methyl sites for hydroxylation is 28. The summed E-state index contributed by atoms with van der Waals surface area (Å²) >= 11 is 3.46. The van der Waals surface area contributed by atoms with E-state index in [4.69, 9.17) is 8.83 Å². The van der Waals surface area contributed by atoms with Gasteiger partial charge in [0.1, 0.15) is 81.4 Å². The Bertz CT molecular complexity index is 5230. The maximum Gasteiger partial charge on any atom is 0.191 e. The Labute approximate surface area is 759 Å². The quantitative estimate of drug-likeness (QED) is 0.0674. The lowest BCUT2D eigenvalue weighted by Gasteiger charge is -1.89. The van der Waals surface area contributed by atoms with Crippen molar-refractivity contribution in [2.75, 3.05) is 13.1 Å². The highest BCUT2D eigenvalue weighted by atomic mass is 32.1. The fourth-order valence-electron chi connectivity index (χ4n) is 11.1. The molecule has 0 radical (unpaired) electrons. The van der Waals surface area contributed by atoms with E-state index >= 15 is 0 Å². The highest BCUT2D eigenvalue weighted by Crippen LogP contribution is 2.16. The number of oxazole rings is 2. The number of allylic oxidation sites excluding steroid dienone is 2. The smallest absolute Gasteiger partial charge is 0.191 e. The molecule has 2 aliphatic rings. The van der Waals surface area contributed by atoms with E-state index in [-0.39, 0.29) is 0 Å². The van der Waals surface area contributed by atoms with Gasteiger partial charge in [0.2, 0.25) is 0 Å². The topological polar surface area (TPSA) is 441 Å². The predicted molar refractivity (Wildman–Crippen MR) is 520 cm³/mol. The molecule has 0 unspecified atom stereocenters. The Morgan fingerprint density at radius 1 is 0.281 bits per heavy atom. The first-order chi connectivity index (χ1) is 60.5. The summed E-state index contributed by atoms with van der Waals surface area (Å²) in [6, 6.07) is 20.4. The molecule has 10 N–H and O–H groups in total. The minimum Gasteiger partial charge on any atom is -0.446 e. The van der Waals surface area contributed by atoms with Crippen LogP contribution in [0.5, 0.6) is 0 Å². The van der Waals surface area contributed by atoms with Crippen molar-refractivity contribution in [2.24, 2.45) is 9.98 Å². The van der Waals surface area contributed by atoms with Gasteiger partial charge in [0.25, 0.3) is 0 Å². The maximum atomic E-state index is 4.97. The molecule has 34 heteroatoms. The summed E-state index contributed by atoms with van der Waals surface area (Å²) < 4.78 is 9.94. The largest absolute Gasteiger partial charge is 0.446 e. The second kappa shape index (κ2) is 54.2. The predicted octanol–water partition coefficient (Wildman–Crippen LogP) is 21.4. The van der Waals surface area contributed by atoms with Gasteiger partial charge in [-0.05, 0) is 280 Å². The number of H-pyrrole nitrogens is 10. The number of fused-ring (bicyclic) bond motifs is 4. The molecule has 0 atom stereocenters. The van der Waals surface area contributed by atoms with Crippen molar-refractivity contribution in [3.8, 4) is 0 Å². The van der Waals surface area contributed by atoms with Crippen LogP contribution < -0.4 is 0 Å². The van der Waals surface area contributed by atoms with Gasteiger partial charge in [-0.3, -0.25) is 20.2 Å². The van der Waals surface area contributed by atoms with Gasteiger partial charge in [0, 0.05) is 106 Å². The van der Waals surface area contributed by atoms with Crippen molar-refractivity contribution >= 4 is 78.5 Å². The maximum absolute atomic E-state index is 4.97. The Morgan fingerprint density at radius 2 is 0.602 bits per heavy atom. The molecule has 2 aliphatic heterocycles. The fourth-order valence-corrected chi connectivity index (χ4v) is 12.4. The normalized spacial score (nSPS) is 10.9. The van der Waals surface area contributed by atoms with Gasteiger partial charge in [0.15, 0.2) is 23.1 Å². The standard InChI is InChI=1S/2C9H10N2.2C8H9N3.2C6H9N.4C5H8N2.2C5H7NO.2C5H7NS.2C4H7N3/c2*1-6-3-4-8-9(5-6)11-7(2)10-8;2*1-5-3-4-7-8(9-5)11-6(2)10-7;2*1-5-3-6(2)7-4-5;8*1-4-3-6-5(2)7-4;2*1-3-5-4(2)7-6-3/h2*3-5H,1-2H3,(H,10,11);2*3-4H,1-2H3,(H,9,10,11);2*3H,4H2,1-2H3;4*3H,1-2H3,(H,6,7);4*3H,1-2H3;2*1-2H3,(H,5,6,7). The van der Waals surface area contributed by atoms with E-state index in [1.807, 2.05) is 254 Å². The number of aromatic amines is 10. The number of pyridine rings is 2. The van der Waals surface area contributed by atoms with Crippen LogP contribution >= 0.6 is 22.7 Å². The SMILES string of the molecule is CC1=CC(C)=NC1.CC1=CC(C)=NC1.Cc1ccc2[nH]c(C)nc2n1.Cc1ccc2[nH]c(C)nc2n1.Cc1ccc2nc(C)[nH]c2c1.Cc1ccc2nc(C)[nH]c2c1.Cc1cnc(C)[nH]1.Cc1cnc(C)[nH]1.Cc1cnc(C)[nH]1.Cc1cnc(C)[nH]1.Cc1cnc(C)o1.Cc1cnc(C)o1.Cc1cnc(C)s1.Cc1cnc(C)s1.Cc1n[nH]c(C)n1.Cc1n[nH]c(C)n1. The van der Waals surface area contributed by atoms with E-state index in [0.717, 1.165) is 206 Å². The first-order valence-corrected chi connectivity index (χ1v) is 43.1. The summed E-state index contributed by atoms with van der Waals surface area (Å²) in [5, 5.41) is 15.3. The van der Waals surface area contributed by atoms with Crippen LogP contribution in [-0.2, 0) is 0 Å². The summed E-state index contributed by atoms with van der Waals surface area (Å²) in [4.78, 5) is 101. The molecule has 680 valence electrons. The van der Waals surface area contributed by atoms with Crippen molar-refractivity contribution in [1.82, 2.24) is 140 Å². The number of aliphatic imine (C=N–C) groups is 2. The Morgan fingerprint density at radius 3 is 0.781 bits per heavy atom. The molecule has 20 rings (SSSR count). The number of nitrogens with zero attached hydrogens (tertiary/aromatic N) is 20. The van der Waals surface area contributed by atoms with Crippen LogP contribution in [-0.4, -0.2) is 165 Å². The van der Waals surface area contributed by atoms with E-state index in [0.29, 0.717) is 0 Å². The fraction of sp³-hybridized carbons (Fsp3) is 0.362. The summed E-state index contributed by atoms with van der Waals surface area (Å²) in [7, 11) is 0. The van der Waals surface area contributed by atoms with Gasteiger partial charge in [0.05, 0.1) is 68.6 Å². The zero-order chi connectivity index (χ0) is 94.7. The molecule has 0 bridgehead atoms. The Kier molecular flexibility index (Phi) is 44.4. The summed E-state index contributed by atoms with van der Waals surface area (Å²) in [5.41, 5.74) is 22.1. The summed E-state index contributed by atoms with van der Waals surface area (Å²) in [6.07, 6.45) is 18.7. The molecule has 0 spiro atoms. The van der Waals surface area contributed by atoms with Gasteiger partial charge in [-0.15, -0.1) is 22.7 Å². The number of nitrogens with one attached hydrogen (secondary N) is 10. The van der Waals surface area contributed by atoms with Crippen molar-refractivity contribution in [1.29, 1.82) is 0 Å². The molecule has 0 saturated carbocycles. The molecule has 0 fully saturated rings. The monoisotopic (exact) mass is 1780 g/mol. The number of aromatic nitrogens is 28. The number of rotatable bonds is 0. The second-order valence-corrected chi connectivity index (χ2v) is 33.3. The Hall–Kier alpha value is -13.8. The average Bonchev–Trinajstić information content (AvgIpc) is 1.71. The zero-order valence-electron chi connectivity index (χ0n) is 80.5. The third-order valence-corrected chi connectivity index (χ3v) is 18.1. The molecule has 0 aliphatic carbocycles. The van der Waals surface area contributed by atoms with Crippen LogP contribution in [0.4, 0.5) is 0 Å².